The van der Waals surface area contributed by atoms with Crippen LogP contribution in [0.5, 0.6) is 0 Å². The molecule has 456 valence electrons. The number of nitrogens with zero attached hydrogens (tertiary/aromatic N) is 1. The summed E-state index contributed by atoms with van der Waals surface area (Å²) in [6.07, 6.45) is 87.5. The minimum absolute atomic E-state index is 0.00611. The predicted octanol–water partition coefficient (Wildman–Crippen LogP) is 20.1. The van der Waals surface area contributed by atoms with Gasteiger partial charge in [-0.15, -0.1) is 0 Å². The summed E-state index contributed by atoms with van der Waals surface area (Å²) in [6.45, 7) is 4.55. The number of quaternary nitrogens is 1. The number of allylic oxidation sites excluding steroid dienone is 17. The van der Waals surface area contributed by atoms with Crippen LogP contribution in [0.25, 0.3) is 0 Å². The van der Waals surface area contributed by atoms with Crippen molar-refractivity contribution < 1.29 is 32.9 Å². The Labute approximate surface area is 489 Å². The van der Waals surface area contributed by atoms with E-state index in [1.54, 1.807) is 6.08 Å². The van der Waals surface area contributed by atoms with Gasteiger partial charge in [0.05, 0.1) is 39.9 Å². The van der Waals surface area contributed by atoms with Crippen LogP contribution in [0.3, 0.4) is 0 Å². The number of aliphatic hydroxyl groups excluding tert-OH is 1. The maximum atomic E-state index is 13.0. The second-order valence-electron chi connectivity index (χ2n) is 23.1. The van der Waals surface area contributed by atoms with Crippen LogP contribution >= 0.6 is 7.82 Å². The lowest BCUT2D eigenvalue weighted by molar-refractivity contribution is -0.870. The van der Waals surface area contributed by atoms with E-state index in [9.17, 15) is 19.4 Å². The second-order valence-corrected chi connectivity index (χ2v) is 24.5. The average Bonchev–Trinajstić information content (AvgIpc) is 3.42. The van der Waals surface area contributed by atoms with Crippen LogP contribution in [0, 0.1) is 0 Å². The number of rotatable bonds is 59. The van der Waals surface area contributed by atoms with Gasteiger partial charge in [0, 0.05) is 6.42 Å². The van der Waals surface area contributed by atoms with Gasteiger partial charge < -0.3 is 28.8 Å². The first-order valence-electron chi connectivity index (χ1n) is 32.7. The minimum Gasteiger partial charge on any atom is -0.756 e. The summed E-state index contributed by atoms with van der Waals surface area (Å²) in [5.74, 6) is -0.204. The van der Waals surface area contributed by atoms with Crippen molar-refractivity contribution >= 4 is 13.7 Å². The van der Waals surface area contributed by atoms with Gasteiger partial charge in [0.15, 0.2) is 0 Å². The molecule has 0 spiro atoms. The molecule has 9 heteroatoms. The van der Waals surface area contributed by atoms with E-state index in [0.29, 0.717) is 17.4 Å². The molecule has 2 N–H and O–H groups in total. The highest BCUT2D eigenvalue weighted by molar-refractivity contribution is 7.45. The van der Waals surface area contributed by atoms with Crippen molar-refractivity contribution in [2.45, 2.75) is 289 Å². The lowest BCUT2D eigenvalue weighted by Gasteiger charge is -2.29. The van der Waals surface area contributed by atoms with Crippen molar-refractivity contribution in [2.24, 2.45) is 0 Å². The zero-order valence-corrected chi connectivity index (χ0v) is 52.9. The van der Waals surface area contributed by atoms with E-state index < -0.39 is 20.0 Å². The molecule has 3 atom stereocenters. The molecule has 0 fully saturated rings. The summed E-state index contributed by atoms with van der Waals surface area (Å²) in [6, 6.07) is -0.897. The molecule has 0 rings (SSSR count). The number of hydrogen-bond donors (Lipinski definition) is 2. The number of nitrogens with one attached hydrogen (secondary N) is 1. The quantitative estimate of drug-likeness (QED) is 0.0272. The number of amides is 1. The zero-order valence-electron chi connectivity index (χ0n) is 52.0. The molecule has 0 aliphatic carbocycles. The fourth-order valence-corrected chi connectivity index (χ4v) is 9.89. The fraction of sp³-hybridized carbons (Fsp3) is 0.729. The van der Waals surface area contributed by atoms with Gasteiger partial charge in [0.25, 0.3) is 7.82 Å². The SMILES string of the molecule is CC/C=C\C/C=C\C/C=C\C/C=C\C/C=C\C/C=C\C/C=C\C/C=C\CCCCCCCCCCCCC(=O)NC(COP(=O)([O-])OCC[N+](C)(C)C)C(O)/C=C/CCCCCCCCCCCCCCCCCCCCCC. The smallest absolute Gasteiger partial charge is 0.268 e. The fourth-order valence-electron chi connectivity index (χ4n) is 9.17. The molecule has 0 aliphatic rings. The molecular formula is C70H125N2O6P. The number of phosphoric ester groups is 1. The van der Waals surface area contributed by atoms with Crippen molar-refractivity contribution in [1.82, 2.24) is 5.32 Å². The first kappa shape index (κ1) is 76.2. The van der Waals surface area contributed by atoms with Crippen LogP contribution in [0.1, 0.15) is 277 Å². The largest absolute Gasteiger partial charge is 0.756 e. The number of carbonyl (C=O) groups is 1. The third-order valence-corrected chi connectivity index (χ3v) is 15.2. The molecule has 0 saturated heterocycles. The number of unbranched alkanes of at least 4 members (excludes halogenated alkanes) is 30. The summed E-state index contributed by atoms with van der Waals surface area (Å²) in [5, 5.41) is 13.9. The highest BCUT2D eigenvalue weighted by Crippen LogP contribution is 2.38. The van der Waals surface area contributed by atoms with E-state index in [-0.39, 0.29) is 19.1 Å². The van der Waals surface area contributed by atoms with Gasteiger partial charge in [0.1, 0.15) is 13.2 Å². The first-order chi connectivity index (χ1) is 38.5. The molecule has 8 nitrogen and oxygen atoms in total. The maximum absolute atomic E-state index is 13.0. The molecular weight excluding hydrogens is 996 g/mol. The highest BCUT2D eigenvalue weighted by Gasteiger charge is 2.23. The molecule has 0 aromatic heterocycles. The van der Waals surface area contributed by atoms with E-state index in [2.05, 4.69) is 116 Å². The Morgan fingerprint density at radius 2 is 0.772 bits per heavy atom. The molecule has 0 aliphatic heterocycles. The number of hydrogen-bond acceptors (Lipinski definition) is 6. The molecule has 0 heterocycles. The third kappa shape index (κ3) is 62.6. The lowest BCUT2D eigenvalue weighted by Crippen LogP contribution is -2.45. The van der Waals surface area contributed by atoms with Gasteiger partial charge in [-0.05, 0) is 83.5 Å². The average molecular weight is 1120 g/mol. The van der Waals surface area contributed by atoms with Crippen LogP contribution in [0.4, 0.5) is 0 Å². The van der Waals surface area contributed by atoms with Crippen molar-refractivity contribution in [2.75, 3.05) is 40.9 Å². The maximum Gasteiger partial charge on any atom is 0.268 e. The van der Waals surface area contributed by atoms with Gasteiger partial charge in [-0.3, -0.25) is 9.36 Å². The van der Waals surface area contributed by atoms with Crippen LogP contribution in [0.2, 0.25) is 0 Å². The summed E-state index contributed by atoms with van der Waals surface area (Å²) >= 11 is 0. The Kier molecular flexibility index (Phi) is 57.6. The number of carbonyl (C=O) groups excluding carboxylic acids is 1. The van der Waals surface area contributed by atoms with Crippen LogP contribution in [-0.2, 0) is 18.4 Å². The number of aliphatic hydroxyl groups is 1. The standard InChI is InChI=1S/C70H125N2O6P/c1-6-8-10-12-14-16-18-20-22-24-26-28-30-31-32-33-34-35-36-37-38-39-40-41-42-44-46-48-50-52-54-56-58-60-62-64-70(74)71-68(67-78-79(75,76)77-66-65-72(3,4)5)69(73)63-61-59-57-55-53-51-49-47-45-43-29-27-25-23-21-19-17-15-13-11-9-7-2/h8,10,14,16,20,22,26,28,31-32,34-35,37-38,40-41,61,63,68-69,73H,6-7,9,11-13,15,17-19,21,23-25,27,29-30,33,36,39,42-60,62,64-67H2,1-5H3,(H-,71,74,75,76)/b10-8-,16-14-,22-20-,28-26-,32-31-,35-34-,38-37-,41-40-,63-61+. The molecule has 0 bridgehead atoms. The molecule has 1 amide bonds. The van der Waals surface area contributed by atoms with Gasteiger partial charge in [-0.2, -0.15) is 0 Å². The van der Waals surface area contributed by atoms with Crippen LogP contribution < -0.4 is 10.2 Å². The summed E-state index contributed by atoms with van der Waals surface area (Å²) in [7, 11) is 1.25. The Bertz CT molecular complexity index is 1650. The highest BCUT2D eigenvalue weighted by atomic mass is 31.2. The van der Waals surface area contributed by atoms with Crippen LogP contribution in [0.15, 0.2) is 109 Å². The summed E-state index contributed by atoms with van der Waals surface area (Å²) < 4.78 is 23.4. The zero-order chi connectivity index (χ0) is 57.7. The van der Waals surface area contributed by atoms with Gasteiger partial charge in [0.2, 0.25) is 5.91 Å². The number of phosphoric acid groups is 1. The van der Waals surface area contributed by atoms with Crippen molar-refractivity contribution in [1.29, 1.82) is 0 Å². The molecule has 0 radical (unpaired) electrons. The van der Waals surface area contributed by atoms with Crippen molar-refractivity contribution in [3.8, 4) is 0 Å². The minimum atomic E-state index is -4.61. The Morgan fingerprint density at radius 3 is 1.13 bits per heavy atom. The molecule has 79 heavy (non-hydrogen) atoms. The molecule has 3 unspecified atom stereocenters. The van der Waals surface area contributed by atoms with Gasteiger partial charge in [-0.25, -0.2) is 0 Å². The van der Waals surface area contributed by atoms with E-state index >= 15 is 0 Å². The van der Waals surface area contributed by atoms with E-state index in [1.165, 1.54) is 161 Å². The molecule has 0 aromatic carbocycles. The topological polar surface area (TPSA) is 108 Å². The van der Waals surface area contributed by atoms with Gasteiger partial charge in [-0.1, -0.05) is 297 Å². The molecule has 0 saturated carbocycles. The lowest BCUT2D eigenvalue weighted by atomic mass is 10.0. The monoisotopic (exact) mass is 1120 g/mol. The Morgan fingerprint density at radius 1 is 0.456 bits per heavy atom. The molecule has 0 aromatic rings. The van der Waals surface area contributed by atoms with E-state index in [4.69, 9.17) is 9.05 Å². The van der Waals surface area contributed by atoms with E-state index in [1.807, 2.05) is 27.2 Å². The third-order valence-electron chi connectivity index (χ3n) is 14.2. The van der Waals surface area contributed by atoms with Gasteiger partial charge >= 0.3 is 0 Å². The van der Waals surface area contributed by atoms with Crippen molar-refractivity contribution in [3.63, 3.8) is 0 Å². The van der Waals surface area contributed by atoms with E-state index in [0.717, 1.165) is 96.3 Å². The summed E-state index contributed by atoms with van der Waals surface area (Å²) in [5.41, 5.74) is 0. The predicted molar refractivity (Wildman–Crippen MR) is 343 cm³/mol. The Hall–Kier alpha value is -2.84. The normalized spacial score (nSPS) is 14.5. The van der Waals surface area contributed by atoms with Crippen LogP contribution in [-0.4, -0.2) is 68.5 Å². The number of likely N-dealkylation sites (N-methyl/N-ethyl adjacent to an activating group) is 1. The summed E-state index contributed by atoms with van der Waals surface area (Å²) in [4.78, 5) is 25.6. The Balaban J connectivity index is 4.16. The second kappa shape index (κ2) is 59.8. The first-order valence-corrected chi connectivity index (χ1v) is 34.2. The van der Waals surface area contributed by atoms with Crippen molar-refractivity contribution in [3.05, 3.63) is 109 Å².